The molecule has 0 amide bonds. The third-order valence-corrected chi connectivity index (χ3v) is 2.35. The van der Waals surface area contributed by atoms with E-state index in [0.717, 1.165) is 0 Å². The lowest BCUT2D eigenvalue weighted by Gasteiger charge is -2.09. The summed E-state index contributed by atoms with van der Waals surface area (Å²) in [7, 11) is 0. The van der Waals surface area contributed by atoms with E-state index in [1.165, 1.54) is 6.07 Å². The normalized spacial score (nSPS) is 12.1. The van der Waals surface area contributed by atoms with Gasteiger partial charge in [-0.2, -0.15) is 5.26 Å². The molecule has 0 spiro atoms. The second-order valence-electron chi connectivity index (χ2n) is 3.61. The number of nitrogens with zero attached hydrogens (tertiary/aromatic N) is 1. The SMILES string of the molecule is CCC(O)CNCc1ccc(C#N)cc1F. The first kappa shape index (κ1) is 12.6. The number of hydrogen-bond donors (Lipinski definition) is 2. The summed E-state index contributed by atoms with van der Waals surface area (Å²) in [6.07, 6.45) is 0.268. The molecule has 16 heavy (non-hydrogen) atoms. The monoisotopic (exact) mass is 222 g/mol. The molecular weight excluding hydrogens is 207 g/mol. The van der Waals surface area contributed by atoms with Crippen molar-refractivity contribution in [1.82, 2.24) is 5.32 Å². The number of rotatable bonds is 5. The first-order chi connectivity index (χ1) is 7.67. The Bertz CT molecular complexity index is 387. The van der Waals surface area contributed by atoms with Crippen molar-refractivity contribution in [3.05, 3.63) is 35.1 Å². The van der Waals surface area contributed by atoms with E-state index < -0.39 is 11.9 Å². The fourth-order valence-corrected chi connectivity index (χ4v) is 1.28. The zero-order valence-corrected chi connectivity index (χ0v) is 9.20. The number of nitriles is 1. The van der Waals surface area contributed by atoms with Gasteiger partial charge in [-0.15, -0.1) is 0 Å². The molecule has 0 bridgehead atoms. The molecule has 1 atom stereocenters. The van der Waals surface area contributed by atoms with Gasteiger partial charge in [-0.3, -0.25) is 0 Å². The van der Waals surface area contributed by atoms with E-state index in [-0.39, 0.29) is 0 Å². The van der Waals surface area contributed by atoms with Crippen molar-refractivity contribution in [3.8, 4) is 6.07 Å². The lowest BCUT2D eigenvalue weighted by Crippen LogP contribution is -2.26. The fourth-order valence-electron chi connectivity index (χ4n) is 1.28. The third-order valence-electron chi connectivity index (χ3n) is 2.35. The van der Waals surface area contributed by atoms with Crippen LogP contribution in [0.1, 0.15) is 24.5 Å². The quantitative estimate of drug-likeness (QED) is 0.794. The van der Waals surface area contributed by atoms with Gasteiger partial charge in [-0.05, 0) is 18.6 Å². The van der Waals surface area contributed by atoms with Gasteiger partial charge in [0.1, 0.15) is 5.82 Å². The zero-order valence-electron chi connectivity index (χ0n) is 9.20. The van der Waals surface area contributed by atoms with E-state index >= 15 is 0 Å². The molecule has 0 radical (unpaired) electrons. The first-order valence-corrected chi connectivity index (χ1v) is 5.24. The maximum absolute atomic E-state index is 13.4. The molecule has 1 aromatic rings. The van der Waals surface area contributed by atoms with Crippen molar-refractivity contribution < 1.29 is 9.50 Å². The number of aliphatic hydroxyl groups excluding tert-OH is 1. The van der Waals surface area contributed by atoms with Gasteiger partial charge < -0.3 is 10.4 Å². The molecule has 3 nitrogen and oxygen atoms in total. The second kappa shape index (κ2) is 6.21. The topological polar surface area (TPSA) is 56.0 Å². The highest BCUT2D eigenvalue weighted by atomic mass is 19.1. The van der Waals surface area contributed by atoms with Gasteiger partial charge in [-0.25, -0.2) is 4.39 Å². The minimum atomic E-state index is -0.401. The smallest absolute Gasteiger partial charge is 0.129 e. The van der Waals surface area contributed by atoms with Gasteiger partial charge in [0.15, 0.2) is 0 Å². The van der Waals surface area contributed by atoms with Gasteiger partial charge in [0, 0.05) is 18.7 Å². The molecule has 0 saturated heterocycles. The highest BCUT2D eigenvalue weighted by Gasteiger charge is 2.04. The summed E-state index contributed by atoms with van der Waals surface area (Å²) in [5.74, 6) is -0.391. The first-order valence-electron chi connectivity index (χ1n) is 5.24. The summed E-state index contributed by atoms with van der Waals surface area (Å²) < 4.78 is 13.4. The zero-order chi connectivity index (χ0) is 12.0. The Labute approximate surface area is 94.5 Å². The summed E-state index contributed by atoms with van der Waals surface area (Å²) in [4.78, 5) is 0. The largest absolute Gasteiger partial charge is 0.392 e. The number of halogens is 1. The van der Waals surface area contributed by atoms with Crippen LogP contribution in [0.5, 0.6) is 0 Å². The molecule has 0 aliphatic heterocycles. The molecule has 0 fully saturated rings. The third kappa shape index (κ3) is 3.61. The molecule has 0 aliphatic carbocycles. The Morgan fingerprint density at radius 2 is 2.31 bits per heavy atom. The van der Waals surface area contributed by atoms with E-state index in [4.69, 9.17) is 5.26 Å². The second-order valence-corrected chi connectivity index (χ2v) is 3.61. The summed E-state index contributed by atoms with van der Waals surface area (Å²) in [5.41, 5.74) is 0.817. The average Bonchev–Trinajstić information content (AvgIpc) is 2.30. The molecule has 0 aromatic heterocycles. The lowest BCUT2D eigenvalue weighted by molar-refractivity contribution is 0.167. The summed E-state index contributed by atoms with van der Waals surface area (Å²) >= 11 is 0. The standard InChI is InChI=1S/C12H15FN2O/c1-2-11(16)8-15-7-10-4-3-9(6-14)5-12(10)13/h3-5,11,15-16H,2,7-8H2,1H3. The molecule has 2 N–H and O–H groups in total. The summed E-state index contributed by atoms with van der Waals surface area (Å²) in [6, 6.07) is 6.26. The maximum atomic E-state index is 13.4. The van der Waals surface area contributed by atoms with Crippen LogP contribution in [0.25, 0.3) is 0 Å². The molecule has 0 aliphatic rings. The van der Waals surface area contributed by atoms with Crippen molar-refractivity contribution in [2.45, 2.75) is 26.0 Å². The molecule has 86 valence electrons. The maximum Gasteiger partial charge on any atom is 0.129 e. The van der Waals surface area contributed by atoms with Crippen molar-refractivity contribution in [1.29, 1.82) is 5.26 Å². The Kier molecular flexibility index (Phi) is 4.90. The Hall–Kier alpha value is -1.44. The molecule has 4 heteroatoms. The number of aliphatic hydroxyl groups is 1. The molecule has 0 heterocycles. The van der Waals surface area contributed by atoms with Crippen molar-refractivity contribution in [3.63, 3.8) is 0 Å². The van der Waals surface area contributed by atoms with Crippen LogP contribution >= 0.6 is 0 Å². The predicted molar refractivity (Wildman–Crippen MR) is 59.1 cm³/mol. The van der Waals surface area contributed by atoms with Gasteiger partial charge in [0.05, 0.1) is 17.7 Å². The van der Waals surface area contributed by atoms with E-state index in [2.05, 4.69) is 5.32 Å². The van der Waals surface area contributed by atoms with Gasteiger partial charge in [0.2, 0.25) is 0 Å². The Morgan fingerprint density at radius 3 is 2.88 bits per heavy atom. The van der Waals surface area contributed by atoms with Gasteiger partial charge in [0.25, 0.3) is 0 Å². The van der Waals surface area contributed by atoms with Gasteiger partial charge in [-0.1, -0.05) is 13.0 Å². The number of benzene rings is 1. The van der Waals surface area contributed by atoms with E-state index in [0.29, 0.717) is 30.6 Å². The Balaban J connectivity index is 2.52. The minimum absolute atomic E-state index is 0.315. The van der Waals surface area contributed by atoms with Crippen LogP contribution in [-0.2, 0) is 6.54 Å². The van der Waals surface area contributed by atoms with Crippen LogP contribution in [0.15, 0.2) is 18.2 Å². The fraction of sp³-hybridized carbons (Fsp3) is 0.417. The predicted octanol–water partition coefficient (Wildman–Crippen LogP) is 1.56. The molecular formula is C12H15FN2O. The Morgan fingerprint density at radius 1 is 1.56 bits per heavy atom. The van der Waals surface area contributed by atoms with Crippen LogP contribution in [0, 0.1) is 17.1 Å². The molecule has 1 rings (SSSR count). The average molecular weight is 222 g/mol. The van der Waals surface area contributed by atoms with Crippen LogP contribution in [0.2, 0.25) is 0 Å². The highest BCUT2D eigenvalue weighted by molar-refractivity contribution is 5.32. The molecule has 1 unspecified atom stereocenters. The number of hydrogen-bond acceptors (Lipinski definition) is 3. The van der Waals surface area contributed by atoms with Crippen LogP contribution in [0.3, 0.4) is 0 Å². The van der Waals surface area contributed by atoms with Crippen LogP contribution in [-0.4, -0.2) is 17.8 Å². The lowest BCUT2D eigenvalue weighted by atomic mass is 10.1. The van der Waals surface area contributed by atoms with Crippen molar-refractivity contribution in [2.75, 3.05) is 6.54 Å². The summed E-state index contributed by atoms with van der Waals surface area (Å²) in [5, 5.41) is 20.8. The van der Waals surface area contributed by atoms with E-state index in [1.54, 1.807) is 12.1 Å². The number of nitrogens with one attached hydrogen (secondary N) is 1. The highest BCUT2D eigenvalue weighted by Crippen LogP contribution is 2.09. The molecule has 0 saturated carbocycles. The van der Waals surface area contributed by atoms with Crippen molar-refractivity contribution >= 4 is 0 Å². The van der Waals surface area contributed by atoms with E-state index in [1.807, 2.05) is 13.0 Å². The van der Waals surface area contributed by atoms with Crippen LogP contribution in [0.4, 0.5) is 4.39 Å². The molecule has 1 aromatic carbocycles. The van der Waals surface area contributed by atoms with E-state index in [9.17, 15) is 9.50 Å². The summed E-state index contributed by atoms with van der Waals surface area (Å²) in [6.45, 7) is 2.68. The van der Waals surface area contributed by atoms with Gasteiger partial charge >= 0.3 is 0 Å². The minimum Gasteiger partial charge on any atom is -0.392 e. The van der Waals surface area contributed by atoms with Crippen molar-refractivity contribution in [2.24, 2.45) is 0 Å². The van der Waals surface area contributed by atoms with Crippen LogP contribution < -0.4 is 5.32 Å².